The van der Waals surface area contributed by atoms with Crippen molar-refractivity contribution in [3.05, 3.63) is 101 Å². The van der Waals surface area contributed by atoms with Crippen molar-refractivity contribution < 1.29 is 0 Å². The largest absolute Gasteiger partial charge is 0.393 e. The number of thiophene rings is 1. The molecule has 5 nitrogen and oxygen atoms in total. The van der Waals surface area contributed by atoms with E-state index in [2.05, 4.69) is 62.4 Å². The Morgan fingerprint density at radius 1 is 0.828 bits per heavy atom. The second-order valence-corrected chi connectivity index (χ2v) is 7.67. The number of nitrogens with one attached hydrogen (secondary N) is 2. The van der Waals surface area contributed by atoms with Crippen LogP contribution in [0.2, 0.25) is 0 Å². The lowest BCUT2D eigenvalue weighted by Gasteiger charge is -2.22. The predicted octanol–water partition coefficient (Wildman–Crippen LogP) is 4.98. The number of benzene rings is 2. The molecule has 0 spiro atoms. The summed E-state index contributed by atoms with van der Waals surface area (Å²) in [6.07, 6.45) is 2.47. The fourth-order valence-electron chi connectivity index (χ4n) is 3.20. The molecule has 0 radical (unpaired) electrons. The zero-order valence-electron chi connectivity index (χ0n) is 16.0. The summed E-state index contributed by atoms with van der Waals surface area (Å²) in [5.41, 5.74) is 9.21. The van der Waals surface area contributed by atoms with Gasteiger partial charge in [-0.15, -0.1) is 11.3 Å². The molecule has 4 aromatic rings. The molecule has 0 aliphatic rings. The number of hydrogen-bond acceptors (Lipinski definition) is 6. The van der Waals surface area contributed by atoms with E-state index in [0.717, 1.165) is 24.1 Å². The van der Waals surface area contributed by atoms with Crippen LogP contribution in [0.25, 0.3) is 0 Å². The summed E-state index contributed by atoms with van der Waals surface area (Å²) in [7, 11) is 0. The highest BCUT2D eigenvalue weighted by Crippen LogP contribution is 2.30. The van der Waals surface area contributed by atoms with E-state index in [1.807, 2.05) is 36.4 Å². The average Bonchev–Trinajstić information content (AvgIpc) is 3.29. The van der Waals surface area contributed by atoms with Gasteiger partial charge in [0.1, 0.15) is 12.0 Å². The quantitative estimate of drug-likeness (QED) is 0.388. The molecular weight excluding hydrogens is 378 g/mol. The molecule has 0 bridgehead atoms. The van der Waals surface area contributed by atoms with Gasteiger partial charge in [0.25, 0.3) is 0 Å². The highest BCUT2D eigenvalue weighted by Gasteiger charge is 2.17. The van der Waals surface area contributed by atoms with Gasteiger partial charge in [-0.3, -0.25) is 0 Å². The molecule has 0 atom stereocenters. The fraction of sp³-hybridized carbons (Fsp3) is 0.130. The molecule has 146 valence electrons. The van der Waals surface area contributed by atoms with E-state index in [9.17, 15) is 0 Å². The highest BCUT2D eigenvalue weighted by atomic mass is 32.1. The van der Waals surface area contributed by atoms with E-state index in [-0.39, 0.29) is 6.04 Å². The van der Waals surface area contributed by atoms with E-state index in [1.165, 1.54) is 4.88 Å². The van der Waals surface area contributed by atoms with Gasteiger partial charge in [0.15, 0.2) is 11.6 Å². The minimum atomic E-state index is -0.0615. The maximum Gasteiger partial charge on any atom is 0.155 e. The van der Waals surface area contributed by atoms with E-state index < -0.39 is 0 Å². The van der Waals surface area contributed by atoms with Crippen LogP contribution >= 0.6 is 11.3 Å². The van der Waals surface area contributed by atoms with Gasteiger partial charge in [-0.2, -0.15) is 0 Å². The smallest absolute Gasteiger partial charge is 0.155 e. The van der Waals surface area contributed by atoms with Gasteiger partial charge in [0.2, 0.25) is 0 Å². The summed E-state index contributed by atoms with van der Waals surface area (Å²) in [4.78, 5) is 10.1. The minimum absolute atomic E-state index is 0.0615. The molecule has 4 rings (SSSR count). The van der Waals surface area contributed by atoms with Crippen LogP contribution in [0.15, 0.2) is 84.5 Å². The number of nitrogens with zero attached hydrogens (tertiary/aromatic N) is 2. The first-order valence-corrected chi connectivity index (χ1v) is 10.4. The Hall–Kier alpha value is -3.38. The fourth-order valence-corrected chi connectivity index (χ4v) is 3.91. The third kappa shape index (κ3) is 4.73. The molecule has 0 aliphatic heterocycles. The van der Waals surface area contributed by atoms with Crippen molar-refractivity contribution in [3.8, 4) is 0 Å². The molecule has 2 heterocycles. The van der Waals surface area contributed by atoms with Crippen LogP contribution < -0.4 is 16.4 Å². The van der Waals surface area contributed by atoms with Crippen LogP contribution in [0.5, 0.6) is 0 Å². The normalized spacial score (nSPS) is 10.8. The van der Waals surface area contributed by atoms with Gasteiger partial charge in [0.05, 0.1) is 6.04 Å². The summed E-state index contributed by atoms with van der Waals surface area (Å²) < 4.78 is 0. The Kier molecular flexibility index (Phi) is 6.02. The second kappa shape index (κ2) is 9.21. The van der Waals surface area contributed by atoms with Crippen LogP contribution in [-0.2, 0) is 6.42 Å². The second-order valence-electron chi connectivity index (χ2n) is 6.64. The third-order valence-electron chi connectivity index (χ3n) is 4.67. The molecular formula is C23H23N5S. The molecule has 0 fully saturated rings. The number of nitrogen functional groups attached to an aromatic ring is 1. The molecule has 0 saturated carbocycles. The molecule has 0 aliphatic carbocycles. The summed E-state index contributed by atoms with van der Waals surface area (Å²) >= 11 is 1.75. The maximum absolute atomic E-state index is 6.40. The van der Waals surface area contributed by atoms with Gasteiger partial charge in [0, 0.05) is 11.4 Å². The lowest BCUT2D eigenvalue weighted by Crippen LogP contribution is -2.16. The lowest BCUT2D eigenvalue weighted by atomic mass is 9.99. The Balaban J connectivity index is 1.54. The Labute approximate surface area is 174 Å². The molecule has 0 saturated heterocycles. The van der Waals surface area contributed by atoms with Crippen LogP contribution in [0.1, 0.15) is 22.0 Å². The first kappa shape index (κ1) is 19.0. The minimum Gasteiger partial charge on any atom is -0.393 e. The standard InChI is InChI=1S/C23H23N5S/c24-20-22(25-14-13-19-12-7-15-29-19)26-16-27-23(20)28-21(17-8-3-1-4-9-17)18-10-5-2-6-11-18/h1-12,15-16,21H,13-14,24H2,(H2,25,26,27,28). The van der Waals surface area contributed by atoms with Crippen molar-refractivity contribution in [1.82, 2.24) is 9.97 Å². The summed E-state index contributed by atoms with van der Waals surface area (Å²) in [5, 5.41) is 8.93. The van der Waals surface area contributed by atoms with Crippen LogP contribution in [-0.4, -0.2) is 16.5 Å². The summed E-state index contributed by atoms with van der Waals surface area (Å²) in [5.74, 6) is 1.27. The summed E-state index contributed by atoms with van der Waals surface area (Å²) in [6.45, 7) is 0.766. The molecule has 0 unspecified atom stereocenters. The number of anilines is 3. The van der Waals surface area contributed by atoms with E-state index >= 15 is 0 Å². The van der Waals surface area contributed by atoms with Crippen molar-refractivity contribution in [3.63, 3.8) is 0 Å². The number of hydrogen-bond donors (Lipinski definition) is 3. The van der Waals surface area contributed by atoms with Crippen molar-refractivity contribution >= 4 is 28.7 Å². The summed E-state index contributed by atoms with van der Waals surface area (Å²) in [6, 6.07) is 24.7. The predicted molar refractivity (Wildman–Crippen MR) is 121 cm³/mol. The third-order valence-corrected chi connectivity index (χ3v) is 5.61. The molecule has 0 amide bonds. The van der Waals surface area contributed by atoms with Gasteiger partial charge in [-0.05, 0) is 29.0 Å². The van der Waals surface area contributed by atoms with Crippen LogP contribution in [0, 0.1) is 0 Å². The first-order chi connectivity index (χ1) is 14.3. The molecule has 2 aromatic carbocycles. The van der Waals surface area contributed by atoms with Crippen molar-refractivity contribution in [2.75, 3.05) is 22.9 Å². The first-order valence-electron chi connectivity index (χ1n) is 9.54. The van der Waals surface area contributed by atoms with Crippen molar-refractivity contribution in [1.29, 1.82) is 0 Å². The van der Waals surface area contributed by atoms with Gasteiger partial charge >= 0.3 is 0 Å². The SMILES string of the molecule is Nc1c(NCCc2cccs2)ncnc1NC(c1ccccc1)c1ccccc1. The monoisotopic (exact) mass is 401 g/mol. The van der Waals surface area contributed by atoms with Crippen molar-refractivity contribution in [2.24, 2.45) is 0 Å². The zero-order chi connectivity index (χ0) is 19.9. The number of aromatic nitrogens is 2. The van der Waals surface area contributed by atoms with E-state index in [4.69, 9.17) is 5.73 Å². The van der Waals surface area contributed by atoms with Gasteiger partial charge < -0.3 is 16.4 Å². The topological polar surface area (TPSA) is 75.9 Å². The molecule has 29 heavy (non-hydrogen) atoms. The maximum atomic E-state index is 6.40. The number of nitrogens with two attached hydrogens (primary N) is 1. The Morgan fingerprint density at radius 3 is 2.10 bits per heavy atom. The average molecular weight is 402 g/mol. The van der Waals surface area contributed by atoms with Gasteiger partial charge in [-0.1, -0.05) is 66.7 Å². The molecule has 6 heteroatoms. The number of rotatable bonds is 8. The Bertz CT molecular complexity index is 980. The Morgan fingerprint density at radius 2 is 1.48 bits per heavy atom. The van der Waals surface area contributed by atoms with E-state index in [0.29, 0.717) is 17.3 Å². The van der Waals surface area contributed by atoms with Gasteiger partial charge in [-0.25, -0.2) is 9.97 Å². The molecule has 4 N–H and O–H groups in total. The van der Waals surface area contributed by atoms with E-state index in [1.54, 1.807) is 17.7 Å². The molecule has 2 aromatic heterocycles. The van der Waals surface area contributed by atoms with Crippen LogP contribution in [0.4, 0.5) is 17.3 Å². The van der Waals surface area contributed by atoms with Crippen LogP contribution in [0.3, 0.4) is 0 Å². The highest BCUT2D eigenvalue weighted by molar-refractivity contribution is 7.09. The lowest BCUT2D eigenvalue weighted by molar-refractivity contribution is 0.922. The van der Waals surface area contributed by atoms with Crippen molar-refractivity contribution in [2.45, 2.75) is 12.5 Å². The zero-order valence-corrected chi connectivity index (χ0v) is 16.8.